The summed E-state index contributed by atoms with van der Waals surface area (Å²) in [6.45, 7) is 2.82. The minimum Gasteiger partial charge on any atom is -0.378 e. The third kappa shape index (κ3) is 3.38. The van der Waals surface area contributed by atoms with E-state index in [-0.39, 0.29) is 0 Å². The number of rotatable bonds is 5. The fourth-order valence-electron chi connectivity index (χ4n) is 3.34. The zero-order chi connectivity index (χ0) is 20.5. The Balaban J connectivity index is 1.77. The molecule has 0 radical (unpaired) electrons. The van der Waals surface area contributed by atoms with E-state index >= 15 is 0 Å². The number of likely N-dealkylation sites (N-methyl/N-ethyl adjacent to an activating group) is 1. The van der Waals surface area contributed by atoms with E-state index in [0.717, 1.165) is 40.0 Å². The van der Waals surface area contributed by atoms with Gasteiger partial charge in [-0.3, -0.25) is 14.5 Å². The van der Waals surface area contributed by atoms with E-state index in [1.165, 1.54) is 11.1 Å². The Morgan fingerprint density at radius 1 is 1.24 bits per heavy atom. The Hall–Kier alpha value is -3.52. The predicted molar refractivity (Wildman–Crippen MR) is 110 cm³/mol. The standard InChI is InChI=1S/C21H22N6O2/c1-4-27-18(5-6-25-27)17-12-24-20-16(17)8-14(11-23-20)13-7-15(10-22-9-13)19(28)21(29)26(2)3/h5-12,19,28H,4H2,1-3H3,(H,23,24). The van der Waals surface area contributed by atoms with Crippen molar-refractivity contribution >= 4 is 16.9 Å². The maximum absolute atomic E-state index is 12.1. The van der Waals surface area contributed by atoms with Crippen molar-refractivity contribution in [3.8, 4) is 22.4 Å². The van der Waals surface area contributed by atoms with E-state index in [2.05, 4.69) is 20.1 Å². The van der Waals surface area contributed by atoms with Crippen LogP contribution >= 0.6 is 0 Å². The quantitative estimate of drug-likeness (QED) is 0.546. The van der Waals surface area contributed by atoms with Crippen molar-refractivity contribution in [2.45, 2.75) is 19.6 Å². The molecule has 1 atom stereocenters. The fourth-order valence-corrected chi connectivity index (χ4v) is 3.34. The molecule has 8 nitrogen and oxygen atoms in total. The monoisotopic (exact) mass is 390 g/mol. The van der Waals surface area contributed by atoms with Crippen LogP contribution in [0.4, 0.5) is 0 Å². The molecule has 0 aliphatic heterocycles. The zero-order valence-corrected chi connectivity index (χ0v) is 16.5. The van der Waals surface area contributed by atoms with Crippen LogP contribution in [0.15, 0.2) is 49.2 Å². The van der Waals surface area contributed by atoms with Crippen LogP contribution in [0.25, 0.3) is 33.4 Å². The number of hydrogen-bond donors (Lipinski definition) is 2. The molecule has 4 heterocycles. The summed E-state index contributed by atoms with van der Waals surface area (Å²) in [5.41, 5.74) is 4.87. The molecule has 0 aliphatic rings. The SMILES string of the molecule is CCn1nccc1-c1c[nH]c2ncc(-c3cncc(C(O)C(=O)N(C)C)c3)cc12. The van der Waals surface area contributed by atoms with Crippen LogP contribution in [0.1, 0.15) is 18.6 Å². The Morgan fingerprint density at radius 3 is 2.79 bits per heavy atom. The second-order valence-corrected chi connectivity index (χ2v) is 7.00. The smallest absolute Gasteiger partial charge is 0.255 e. The second-order valence-electron chi connectivity index (χ2n) is 7.00. The maximum atomic E-state index is 12.1. The normalized spacial score (nSPS) is 12.3. The van der Waals surface area contributed by atoms with Gasteiger partial charge in [0, 0.05) is 79.3 Å². The van der Waals surface area contributed by atoms with Gasteiger partial charge in [0.05, 0.1) is 5.69 Å². The summed E-state index contributed by atoms with van der Waals surface area (Å²) in [5.74, 6) is -0.390. The van der Waals surface area contributed by atoms with E-state index in [1.54, 1.807) is 38.8 Å². The van der Waals surface area contributed by atoms with E-state index in [0.29, 0.717) is 5.56 Å². The molecule has 4 aromatic rings. The number of aliphatic hydroxyl groups excluding tert-OH is 1. The van der Waals surface area contributed by atoms with E-state index in [9.17, 15) is 9.90 Å². The van der Waals surface area contributed by atoms with Gasteiger partial charge in [-0.05, 0) is 25.1 Å². The van der Waals surface area contributed by atoms with Gasteiger partial charge in [-0.15, -0.1) is 0 Å². The number of aryl methyl sites for hydroxylation is 1. The van der Waals surface area contributed by atoms with Crippen LogP contribution in [0.5, 0.6) is 0 Å². The van der Waals surface area contributed by atoms with Gasteiger partial charge < -0.3 is 15.0 Å². The van der Waals surface area contributed by atoms with Crippen molar-refractivity contribution in [3.05, 3.63) is 54.7 Å². The largest absolute Gasteiger partial charge is 0.378 e. The molecule has 0 bridgehead atoms. The third-order valence-corrected chi connectivity index (χ3v) is 4.91. The van der Waals surface area contributed by atoms with Crippen molar-refractivity contribution in [1.29, 1.82) is 0 Å². The van der Waals surface area contributed by atoms with Gasteiger partial charge in [0.2, 0.25) is 0 Å². The summed E-state index contributed by atoms with van der Waals surface area (Å²) in [6, 6.07) is 5.77. The molecule has 0 spiro atoms. The number of aromatic amines is 1. The number of hydrogen-bond acceptors (Lipinski definition) is 5. The molecular formula is C21H22N6O2. The van der Waals surface area contributed by atoms with E-state index in [1.807, 2.05) is 29.9 Å². The highest BCUT2D eigenvalue weighted by Gasteiger charge is 2.20. The van der Waals surface area contributed by atoms with Crippen LogP contribution < -0.4 is 0 Å². The molecular weight excluding hydrogens is 368 g/mol. The molecule has 0 fully saturated rings. The number of nitrogens with one attached hydrogen (secondary N) is 1. The average molecular weight is 390 g/mol. The first-order chi connectivity index (χ1) is 14.0. The van der Waals surface area contributed by atoms with Gasteiger partial charge in [0.1, 0.15) is 5.65 Å². The Labute approximate surface area is 167 Å². The minimum absolute atomic E-state index is 0.390. The molecule has 8 heteroatoms. The molecule has 1 unspecified atom stereocenters. The Kier molecular flexibility index (Phi) is 4.85. The Morgan fingerprint density at radius 2 is 2.03 bits per heavy atom. The van der Waals surface area contributed by atoms with Crippen molar-refractivity contribution in [1.82, 2.24) is 29.6 Å². The summed E-state index contributed by atoms with van der Waals surface area (Å²) in [7, 11) is 3.21. The van der Waals surface area contributed by atoms with Gasteiger partial charge >= 0.3 is 0 Å². The van der Waals surface area contributed by atoms with Crippen molar-refractivity contribution < 1.29 is 9.90 Å². The second kappa shape index (κ2) is 7.48. The number of aromatic nitrogens is 5. The maximum Gasteiger partial charge on any atom is 0.255 e. The molecule has 0 aromatic carbocycles. The van der Waals surface area contributed by atoms with Gasteiger partial charge in [0.15, 0.2) is 6.10 Å². The summed E-state index contributed by atoms with van der Waals surface area (Å²) in [6.07, 6.45) is 7.41. The Bertz CT molecular complexity index is 1180. The van der Waals surface area contributed by atoms with Gasteiger partial charge in [-0.1, -0.05) is 0 Å². The fraction of sp³-hybridized carbons (Fsp3) is 0.238. The molecule has 0 saturated heterocycles. The average Bonchev–Trinajstić information content (AvgIpc) is 3.38. The van der Waals surface area contributed by atoms with Crippen LogP contribution in [-0.2, 0) is 11.3 Å². The lowest BCUT2D eigenvalue weighted by atomic mass is 10.0. The summed E-state index contributed by atoms with van der Waals surface area (Å²) >= 11 is 0. The predicted octanol–water partition coefficient (Wildman–Crippen LogP) is 2.63. The van der Waals surface area contributed by atoms with Crippen LogP contribution in [0.2, 0.25) is 0 Å². The van der Waals surface area contributed by atoms with Gasteiger partial charge in [-0.2, -0.15) is 5.10 Å². The number of pyridine rings is 2. The molecule has 2 N–H and O–H groups in total. The molecule has 4 rings (SSSR count). The van der Waals surface area contributed by atoms with E-state index < -0.39 is 12.0 Å². The molecule has 1 amide bonds. The number of nitrogens with zero attached hydrogens (tertiary/aromatic N) is 5. The first kappa shape index (κ1) is 18.8. The van der Waals surface area contributed by atoms with Gasteiger partial charge in [0.25, 0.3) is 5.91 Å². The minimum atomic E-state index is -1.25. The van der Waals surface area contributed by atoms with Crippen LogP contribution in [0, 0.1) is 0 Å². The molecule has 29 heavy (non-hydrogen) atoms. The van der Waals surface area contributed by atoms with Gasteiger partial charge in [-0.25, -0.2) is 4.98 Å². The zero-order valence-electron chi connectivity index (χ0n) is 16.5. The lowest BCUT2D eigenvalue weighted by Gasteiger charge is -2.16. The summed E-state index contributed by atoms with van der Waals surface area (Å²) in [5, 5.41) is 15.6. The topological polar surface area (TPSA) is 99.9 Å². The van der Waals surface area contributed by atoms with E-state index in [4.69, 9.17) is 0 Å². The van der Waals surface area contributed by atoms with Crippen molar-refractivity contribution in [3.63, 3.8) is 0 Å². The molecule has 0 saturated carbocycles. The lowest BCUT2D eigenvalue weighted by molar-refractivity contribution is -0.137. The molecule has 4 aromatic heterocycles. The lowest BCUT2D eigenvalue weighted by Crippen LogP contribution is -2.28. The van der Waals surface area contributed by atoms with Crippen LogP contribution in [0.3, 0.4) is 0 Å². The van der Waals surface area contributed by atoms with Crippen molar-refractivity contribution in [2.24, 2.45) is 0 Å². The molecule has 148 valence electrons. The number of carbonyl (C=O) groups excluding carboxylic acids is 1. The number of carbonyl (C=O) groups is 1. The first-order valence-corrected chi connectivity index (χ1v) is 9.33. The summed E-state index contributed by atoms with van der Waals surface area (Å²) in [4.78, 5) is 25.4. The van der Waals surface area contributed by atoms with Crippen LogP contribution in [-0.4, -0.2) is 54.7 Å². The highest BCUT2D eigenvalue weighted by Crippen LogP contribution is 2.31. The number of H-pyrrole nitrogens is 1. The summed E-state index contributed by atoms with van der Waals surface area (Å²) < 4.78 is 1.93. The number of aliphatic hydroxyl groups is 1. The first-order valence-electron chi connectivity index (χ1n) is 9.33. The van der Waals surface area contributed by atoms with Crippen molar-refractivity contribution in [2.75, 3.05) is 14.1 Å². The number of fused-ring (bicyclic) bond motifs is 1. The highest BCUT2D eigenvalue weighted by molar-refractivity contribution is 5.95. The highest BCUT2D eigenvalue weighted by atomic mass is 16.3. The third-order valence-electron chi connectivity index (χ3n) is 4.91. The molecule has 0 aliphatic carbocycles. The number of amides is 1.